The summed E-state index contributed by atoms with van der Waals surface area (Å²) in [5.74, 6) is 0.645. The van der Waals surface area contributed by atoms with Crippen molar-refractivity contribution in [2.75, 3.05) is 20.3 Å². The van der Waals surface area contributed by atoms with E-state index < -0.39 is 0 Å². The molecule has 3 N–H and O–H groups in total. The van der Waals surface area contributed by atoms with Crippen LogP contribution in [0.3, 0.4) is 0 Å². The summed E-state index contributed by atoms with van der Waals surface area (Å²) in [6.07, 6.45) is 8.17. The van der Waals surface area contributed by atoms with Crippen molar-refractivity contribution >= 4 is 5.91 Å². The van der Waals surface area contributed by atoms with Crippen LogP contribution in [0.15, 0.2) is 0 Å². The van der Waals surface area contributed by atoms with Crippen molar-refractivity contribution in [2.24, 2.45) is 17.1 Å². The highest BCUT2D eigenvalue weighted by atomic mass is 16.5. The van der Waals surface area contributed by atoms with Crippen molar-refractivity contribution in [3.8, 4) is 0 Å². The molecule has 4 heteroatoms. The lowest BCUT2D eigenvalue weighted by Gasteiger charge is -2.27. The van der Waals surface area contributed by atoms with Gasteiger partial charge in [0.25, 0.3) is 0 Å². The fraction of sp³-hybridized carbons (Fsp3) is 0.938. The van der Waals surface area contributed by atoms with Crippen molar-refractivity contribution < 1.29 is 9.53 Å². The summed E-state index contributed by atoms with van der Waals surface area (Å²) in [4.78, 5) is 12.1. The van der Waals surface area contributed by atoms with E-state index in [1.807, 2.05) is 0 Å². The van der Waals surface area contributed by atoms with Gasteiger partial charge in [0.15, 0.2) is 0 Å². The minimum Gasteiger partial charge on any atom is -0.385 e. The Labute approximate surface area is 123 Å². The second kappa shape index (κ2) is 8.63. The van der Waals surface area contributed by atoms with Crippen LogP contribution in [0.1, 0.15) is 58.8 Å². The minimum atomic E-state index is -0.351. The number of nitrogens with one attached hydrogen (secondary N) is 1. The maximum absolute atomic E-state index is 12.1. The Kier molecular flexibility index (Phi) is 7.52. The molecule has 0 aliphatic heterocycles. The molecular weight excluding hydrogens is 252 g/mol. The molecule has 1 amide bonds. The molecule has 1 unspecified atom stereocenters. The number of carbonyl (C=O) groups excluding carboxylic acids is 1. The van der Waals surface area contributed by atoms with E-state index in [1.165, 1.54) is 32.1 Å². The first-order chi connectivity index (χ1) is 9.44. The van der Waals surface area contributed by atoms with Gasteiger partial charge in [-0.05, 0) is 24.2 Å². The average molecular weight is 284 g/mol. The maximum atomic E-state index is 12.1. The van der Waals surface area contributed by atoms with Gasteiger partial charge in [0.05, 0.1) is 6.04 Å². The Morgan fingerprint density at radius 2 is 2.00 bits per heavy atom. The lowest BCUT2D eigenvalue weighted by Crippen LogP contribution is -2.45. The van der Waals surface area contributed by atoms with Crippen LogP contribution in [-0.2, 0) is 9.53 Å². The largest absolute Gasteiger partial charge is 0.385 e. The minimum absolute atomic E-state index is 0.000986. The Morgan fingerprint density at radius 1 is 1.35 bits per heavy atom. The number of amides is 1. The molecule has 4 nitrogen and oxygen atoms in total. The molecular formula is C16H32N2O2. The summed E-state index contributed by atoms with van der Waals surface area (Å²) in [5, 5.41) is 3.00. The second-order valence-electron chi connectivity index (χ2n) is 6.97. The first kappa shape index (κ1) is 17.4. The molecule has 20 heavy (non-hydrogen) atoms. The fourth-order valence-electron chi connectivity index (χ4n) is 2.81. The van der Waals surface area contributed by atoms with E-state index in [9.17, 15) is 4.79 Å². The Hall–Kier alpha value is -0.610. The first-order valence-electron chi connectivity index (χ1n) is 7.97. The van der Waals surface area contributed by atoms with Gasteiger partial charge in [-0.25, -0.2) is 0 Å². The second-order valence-corrected chi connectivity index (χ2v) is 6.97. The Balaban J connectivity index is 2.26. The fourth-order valence-corrected chi connectivity index (χ4v) is 2.81. The van der Waals surface area contributed by atoms with E-state index in [4.69, 9.17) is 10.5 Å². The van der Waals surface area contributed by atoms with E-state index in [-0.39, 0.29) is 17.4 Å². The van der Waals surface area contributed by atoms with E-state index in [2.05, 4.69) is 19.2 Å². The van der Waals surface area contributed by atoms with Crippen molar-refractivity contribution in [1.29, 1.82) is 0 Å². The van der Waals surface area contributed by atoms with E-state index in [1.54, 1.807) is 7.11 Å². The molecule has 0 bridgehead atoms. The van der Waals surface area contributed by atoms with Crippen molar-refractivity contribution in [3.05, 3.63) is 0 Å². The zero-order valence-corrected chi connectivity index (χ0v) is 13.4. The molecule has 1 rings (SSSR count). The zero-order valence-electron chi connectivity index (χ0n) is 13.4. The molecule has 1 aliphatic rings. The summed E-state index contributed by atoms with van der Waals surface area (Å²) in [6.45, 7) is 5.66. The standard InChI is InChI=1S/C16H32N2O2/c1-16(2,9-10-20-3)12-18-15(19)14(17)11-13-7-5-4-6-8-13/h13-14H,4-12,17H2,1-3H3,(H,18,19). The number of hydrogen-bond acceptors (Lipinski definition) is 3. The molecule has 1 atom stereocenters. The smallest absolute Gasteiger partial charge is 0.236 e. The molecule has 0 spiro atoms. The molecule has 0 aromatic heterocycles. The number of ether oxygens (including phenoxy) is 1. The lowest BCUT2D eigenvalue weighted by atomic mass is 9.84. The van der Waals surface area contributed by atoms with Gasteiger partial charge >= 0.3 is 0 Å². The predicted molar refractivity (Wildman–Crippen MR) is 82.5 cm³/mol. The first-order valence-corrected chi connectivity index (χ1v) is 7.97. The average Bonchev–Trinajstić information content (AvgIpc) is 2.44. The summed E-state index contributed by atoms with van der Waals surface area (Å²) < 4.78 is 5.10. The van der Waals surface area contributed by atoms with Crippen LogP contribution in [0.25, 0.3) is 0 Å². The lowest BCUT2D eigenvalue weighted by molar-refractivity contribution is -0.123. The highest BCUT2D eigenvalue weighted by Gasteiger charge is 2.23. The topological polar surface area (TPSA) is 64.3 Å². The molecule has 0 aromatic rings. The summed E-state index contributed by atoms with van der Waals surface area (Å²) in [7, 11) is 1.70. The van der Waals surface area contributed by atoms with Crippen molar-refractivity contribution in [3.63, 3.8) is 0 Å². The van der Waals surface area contributed by atoms with Gasteiger partial charge in [-0.3, -0.25) is 4.79 Å². The van der Waals surface area contributed by atoms with Crippen LogP contribution in [0, 0.1) is 11.3 Å². The molecule has 1 fully saturated rings. The van der Waals surface area contributed by atoms with Crippen molar-refractivity contribution in [2.45, 2.75) is 64.8 Å². The van der Waals surface area contributed by atoms with Gasteiger partial charge in [-0.2, -0.15) is 0 Å². The van der Waals surface area contributed by atoms with Gasteiger partial charge in [-0.15, -0.1) is 0 Å². The molecule has 0 saturated heterocycles. The quantitative estimate of drug-likeness (QED) is 0.719. The molecule has 118 valence electrons. The highest BCUT2D eigenvalue weighted by molar-refractivity contribution is 5.81. The van der Waals surface area contributed by atoms with Crippen LogP contribution in [0.4, 0.5) is 0 Å². The SMILES string of the molecule is COCCC(C)(C)CNC(=O)C(N)CC1CCCCC1. The van der Waals surface area contributed by atoms with E-state index >= 15 is 0 Å². The summed E-state index contributed by atoms with van der Waals surface area (Å²) >= 11 is 0. The molecule has 0 aromatic carbocycles. The number of nitrogens with two attached hydrogens (primary N) is 1. The van der Waals surface area contributed by atoms with Crippen LogP contribution < -0.4 is 11.1 Å². The number of hydrogen-bond donors (Lipinski definition) is 2. The highest BCUT2D eigenvalue weighted by Crippen LogP contribution is 2.27. The molecule has 1 saturated carbocycles. The van der Waals surface area contributed by atoms with Gasteiger partial charge < -0.3 is 15.8 Å². The Morgan fingerprint density at radius 3 is 2.60 bits per heavy atom. The zero-order chi connectivity index (χ0) is 15.0. The van der Waals surface area contributed by atoms with Crippen LogP contribution in [0.5, 0.6) is 0 Å². The molecule has 1 aliphatic carbocycles. The third-order valence-electron chi connectivity index (χ3n) is 4.37. The number of rotatable bonds is 8. The van der Waals surface area contributed by atoms with Gasteiger partial charge in [0, 0.05) is 20.3 Å². The van der Waals surface area contributed by atoms with Crippen LogP contribution >= 0.6 is 0 Å². The van der Waals surface area contributed by atoms with Gasteiger partial charge in [0.2, 0.25) is 5.91 Å². The number of carbonyl (C=O) groups is 1. The normalized spacial score (nSPS) is 18.8. The third-order valence-corrected chi connectivity index (χ3v) is 4.37. The van der Waals surface area contributed by atoms with Gasteiger partial charge in [-0.1, -0.05) is 46.0 Å². The third kappa shape index (κ3) is 6.71. The van der Waals surface area contributed by atoms with Crippen molar-refractivity contribution in [1.82, 2.24) is 5.32 Å². The maximum Gasteiger partial charge on any atom is 0.236 e. The Bertz CT molecular complexity index is 286. The molecule has 0 radical (unpaired) electrons. The van der Waals surface area contributed by atoms with Crippen LogP contribution in [0.2, 0.25) is 0 Å². The van der Waals surface area contributed by atoms with Gasteiger partial charge in [0.1, 0.15) is 0 Å². The van der Waals surface area contributed by atoms with E-state index in [0.717, 1.165) is 19.4 Å². The van der Waals surface area contributed by atoms with E-state index in [0.29, 0.717) is 12.5 Å². The summed E-state index contributed by atoms with van der Waals surface area (Å²) in [6, 6.07) is -0.351. The molecule has 0 heterocycles. The van der Waals surface area contributed by atoms with Crippen LogP contribution in [-0.4, -0.2) is 32.2 Å². The summed E-state index contributed by atoms with van der Waals surface area (Å²) in [5.41, 5.74) is 6.09. The monoisotopic (exact) mass is 284 g/mol. The predicted octanol–water partition coefficient (Wildman–Crippen LogP) is 2.46. The number of methoxy groups -OCH3 is 1.